The van der Waals surface area contributed by atoms with Crippen molar-refractivity contribution in [3.05, 3.63) is 42.5 Å². The van der Waals surface area contributed by atoms with Gasteiger partial charge in [0.05, 0.1) is 13.2 Å². The molecule has 3 aromatic carbocycles. The van der Waals surface area contributed by atoms with E-state index in [9.17, 15) is 5.11 Å². The second-order valence-corrected chi connectivity index (χ2v) is 5.33. The first kappa shape index (κ1) is 13.6. The van der Waals surface area contributed by atoms with Crippen molar-refractivity contribution in [1.29, 1.82) is 0 Å². The van der Waals surface area contributed by atoms with Crippen molar-refractivity contribution >= 4 is 21.5 Å². The highest BCUT2D eigenvalue weighted by Crippen LogP contribution is 2.40. The van der Waals surface area contributed by atoms with Crippen LogP contribution in [0.4, 0.5) is 0 Å². The van der Waals surface area contributed by atoms with Crippen molar-refractivity contribution in [1.82, 2.24) is 0 Å². The number of fused-ring (bicyclic) bond motifs is 3. The van der Waals surface area contributed by atoms with E-state index in [1.165, 1.54) is 0 Å². The van der Waals surface area contributed by atoms with Gasteiger partial charge < -0.3 is 14.6 Å². The summed E-state index contributed by atoms with van der Waals surface area (Å²) in [6.45, 7) is 3.96. The zero-order valence-corrected chi connectivity index (χ0v) is 12.4. The molecule has 3 heteroatoms. The molecule has 0 saturated heterocycles. The third-order valence-corrected chi connectivity index (χ3v) is 3.46. The molecule has 108 valence electrons. The molecule has 0 aromatic heterocycles. The topological polar surface area (TPSA) is 38.7 Å². The number of rotatable bonds is 3. The van der Waals surface area contributed by atoms with Crippen LogP contribution in [0.3, 0.4) is 0 Å². The Labute approximate surface area is 123 Å². The third-order valence-electron chi connectivity index (χ3n) is 3.46. The largest absolute Gasteiger partial charge is 0.507 e. The lowest BCUT2D eigenvalue weighted by Gasteiger charge is -2.15. The number of methoxy groups -OCH3 is 1. The Morgan fingerprint density at radius 1 is 1.00 bits per heavy atom. The van der Waals surface area contributed by atoms with Gasteiger partial charge in [0.2, 0.25) is 0 Å². The van der Waals surface area contributed by atoms with Crippen LogP contribution in [0.2, 0.25) is 0 Å². The van der Waals surface area contributed by atoms with Gasteiger partial charge in [-0.15, -0.1) is 0 Å². The van der Waals surface area contributed by atoms with Crippen LogP contribution in [-0.4, -0.2) is 18.3 Å². The van der Waals surface area contributed by atoms with Crippen LogP contribution >= 0.6 is 0 Å². The van der Waals surface area contributed by atoms with Gasteiger partial charge in [-0.05, 0) is 36.8 Å². The van der Waals surface area contributed by atoms with Gasteiger partial charge in [-0.2, -0.15) is 0 Å². The van der Waals surface area contributed by atoms with Gasteiger partial charge in [0.1, 0.15) is 17.2 Å². The fourth-order valence-electron chi connectivity index (χ4n) is 2.66. The molecule has 0 unspecified atom stereocenters. The Balaban J connectivity index is 2.38. The Morgan fingerprint density at radius 3 is 2.38 bits per heavy atom. The number of phenolic OH excluding ortho intramolecular Hbond substituents is 1. The van der Waals surface area contributed by atoms with E-state index in [4.69, 9.17) is 9.47 Å². The zero-order valence-electron chi connectivity index (χ0n) is 12.4. The van der Waals surface area contributed by atoms with Crippen LogP contribution in [0, 0.1) is 0 Å². The van der Waals surface area contributed by atoms with Crippen LogP contribution in [0.25, 0.3) is 21.5 Å². The summed E-state index contributed by atoms with van der Waals surface area (Å²) in [6, 6.07) is 13.4. The first-order valence-electron chi connectivity index (χ1n) is 6.99. The highest BCUT2D eigenvalue weighted by atomic mass is 16.5. The normalized spacial score (nSPS) is 11.2. The second-order valence-electron chi connectivity index (χ2n) is 5.33. The summed E-state index contributed by atoms with van der Waals surface area (Å²) in [5.74, 6) is 1.75. The first-order valence-corrected chi connectivity index (χ1v) is 6.99. The molecule has 0 spiro atoms. The third kappa shape index (κ3) is 2.35. The predicted octanol–water partition coefficient (Wildman–Crippen LogP) is 4.49. The van der Waals surface area contributed by atoms with E-state index < -0.39 is 0 Å². The number of ether oxygens (including phenoxy) is 2. The molecule has 1 N–H and O–H groups in total. The van der Waals surface area contributed by atoms with Crippen LogP contribution < -0.4 is 9.47 Å². The van der Waals surface area contributed by atoms with Gasteiger partial charge >= 0.3 is 0 Å². The molecule has 21 heavy (non-hydrogen) atoms. The number of hydrogen-bond acceptors (Lipinski definition) is 3. The van der Waals surface area contributed by atoms with Crippen LogP contribution in [0.5, 0.6) is 17.2 Å². The summed E-state index contributed by atoms with van der Waals surface area (Å²) >= 11 is 0. The Morgan fingerprint density at radius 2 is 1.71 bits per heavy atom. The summed E-state index contributed by atoms with van der Waals surface area (Å²) in [6.07, 6.45) is 0.0845. The van der Waals surface area contributed by atoms with E-state index in [1.54, 1.807) is 13.2 Å². The molecule has 0 aliphatic carbocycles. The van der Waals surface area contributed by atoms with E-state index in [-0.39, 0.29) is 11.9 Å². The van der Waals surface area contributed by atoms with Crippen LogP contribution in [-0.2, 0) is 0 Å². The summed E-state index contributed by atoms with van der Waals surface area (Å²) in [7, 11) is 1.65. The van der Waals surface area contributed by atoms with E-state index in [0.717, 1.165) is 33.0 Å². The molecule has 0 fully saturated rings. The van der Waals surface area contributed by atoms with Crippen LogP contribution in [0.1, 0.15) is 13.8 Å². The monoisotopic (exact) mass is 282 g/mol. The maximum Gasteiger partial charge on any atom is 0.131 e. The molecule has 0 amide bonds. The van der Waals surface area contributed by atoms with Gasteiger partial charge in [0.15, 0.2) is 0 Å². The smallest absolute Gasteiger partial charge is 0.131 e. The molecule has 0 saturated carbocycles. The van der Waals surface area contributed by atoms with E-state index >= 15 is 0 Å². The van der Waals surface area contributed by atoms with Gasteiger partial charge in [-0.1, -0.05) is 24.3 Å². The van der Waals surface area contributed by atoms with E-state index in [1.807, 2.05) is 50.2 Å². The highest BCUT2D eigenvalue weighted by Gasteiger charge is 2.12. The quantitative estimate of drug-likeness (QED) is 0.719. The fraction of sp³-hybridized carbons (Fsp3) is 0.222. The van der Waals surface area contributed by atoms with E-state index in [0.29, 0.717) is 0 Å². The number of phenols is 1. The average Bonchev–Trinajstić information content (AvgIpc) is 2.45. The lowest BCUT2D eigenvalue weighted by atomic mass is 10.00. The number of aromatic hydroxyl groups is 1. The van der Waals surface area contributed by atoms with Crippen LogP contribution in [0.15, 0.2) is 42.5 Å². The molecule has 0 heterocycles. The maximum absolute atomic E-state index is 10.2. The highest BCUT2D eigenvalue weighted by molar-refractivity contribution is 6.13. The Kier molecular flexibility index (Phi) is 3.34. The zero-order chi connectivity index (χ0) is 15.0. The van der Waals surface area contributed by atoms with Gasteiger partial charge in [-0.25, -0.2) is 0 Å². The molecule has 0 atom stereocenters. The van der Waals surface area contributed by atoms with Gasteiger partial charge in [0.25, 0.3) is 0 Å². The van der Waals surface area contributed by atoms with Crippen molar-refractivity contribution in [3.63, 3.8) is 0 Å². The minimum atomic E-state index is 0.0845. The lowest BCUT2D eigenvalue weighted by molar-refractivity contribution is 0.241. The van der Waals surface area contributed by atoms with Crippen molar-refractivity contribution in [2.45, 2.75) is 20.0 Å². The maximum atomic E-state index is 10.2. The van der Waals surface area contributed by atoms with Crippen molar-refractivity contribution in [2.24, 2.45) is 0 Å². The SMILES string of the molecule is COc1cc(OC(C)C)cc2cc(O)c3ccccc3c12. The first-order chi connectivity index (χ1) is 10.1. The Bertz CT molecular complexity index is 806. The Hall–Kier alpha value is -2.42. The molecule has 3 nitrogen and oxygen atoms in total. The molecule has 3 rings (SSSR count). The summed E-state index contributed by atoms with van der Waals surface area (Å²) < 4.78 is 11.3. The fourth-order valence-corrected chi connectivity index (χ4v) is 2.66. The number of benzene rings is 3. The van der Waals surface area contributed by atoms with Crippen molar-refractivity contribution in [3.8, 4) is 17.2 Å². The molecule has 0 aliphatic rings. The van der Waals surface area contributed by atoms with Gasteiger partial charge in [-0.3, -0.25) is 0 Å². The summed E-state index contributed by atoms with van der Waals surface area (Å²) in [4.78, 5) is 0. The molecule has 0 aliphatic heterocycles. The standard InChI is InChI=1S/C18H18O3/c1-11(2)21-13-8-12-9-16(19)14-6-4-5-7-15(14)18(12)17(10-13)20-3/h4-11,19H,1-3H3. The minimum Gasteiger partial charge on any atom is -0.507 e. The van der Waals surface area contributed by atoms with Crippen molar-refractivity contribution < 1.29 is 14.6 Å². The molecular formula is C18H18O3. The lowest BCUT2D eigenvalue weighted by Crippen LogP contribution is -2.05. The number of hydrogen-bond donors (Lipinski definition) is 1. The molecule has 3 aromatic rings. The van der Waals surface area contributed by atoms with E-state index in [2.05, 4.69) is 0 Å². The minimum absolute atomic E-state index is 0.0845. The molecule has 0 radical (unpaired) electrons. The molecule has 0 bridgehead atoms. The summed E-state index contributed by atoms with van der Waals surface area (Å²) in [5.41, 5.74) is 0. The van der Waals surface area contributed by atoms with Gasteiger partial charge in [0, 0.05) is 16.8 Å². The average molecular weight is 282 g/mol. The summed E-state index contributed by atoms with van der Waals surface area (Å²) in [5, 5.41) is 13.9. The predicted molar refractivity (Wildman–Crippen MR) is 85.4 cm³/mol. The second kappa shape index (κ2) is 5.17. The van der Waals surface area contributed by atoms with Crippen molar-refractivity contribution in [2.75, 3.05) is 7.11 Å². The molecular weight excluding hydrogens is 264 g/mol.